The molecule has 5 heteroatoms. The molecule has 1 aromatic carbocycles. The summed E-state index contributed by atoms with van der Waals surface area (Å²) in [5.74, 6) is -3.69. The van der Waals surface area contributed by atoms with Crippen LogP contribution in [0, 0.1) is 17.5 Å². The Kier molecular flexibility index (Phi) is 3.52. The van der Waals surface area contributed by atoms with E-state index in [1.54, 1.807) is 0 Å². The molecule has 2 rings (SSSR count). The van der Waals surface area contributed by atoms with E-state index in [4.69, 9.17) is 0 Å². The van der Waals surface area contributed by atoms with E-state index in [0.29, 0.717) is 18.8 Å². The maximum Gasteiger partial charge on any atom is 0.194 e. The lowest BCUT2D eigenvalue weighted by Gasteiger charge is -2.31. The molecule has 0 radical (unpaired) electrons. The van der Waals surface area contributed by atoms with E-state index in [1.165, 1.54) is 0 Å². The second-order valence-electron chi connectivity index (χ2n) is 5.31. The molecule has 100 valence electrons. The van der Waals surface area contributed by atoms with Crippen LogP contribution in [0.3, 0.4) is 0 Å². The molecule has 1 aromatic rings. The predicted octanol–water partition coefficient (Wildman–Crippen LogP) is 2.68. The van der Waals surface area contributed by atoms with Crippen LogP contribution in [-0.4, -0.2) is 25.2 Å². The van der Waals surface area contributed by atoms with E-state index in [1.807, 2.05) is 18.7 Å². The molecule has 1 aliphatic heterocycles. The molecule has 18 heavy (non-hydrogen) atoms. The molecule has 1 fully saturated rings. The second kappa shape index (κ2) is 4.80. The third-order valence-corrected chi connectivity index (χ3v) is 3.13. The van der Waals surface area contributed by atoms with Gasteiger partial charge in [0.05, 0.1) is 0 Å². The van der Waals surface area contributed by atoms with Crippen molar-refractivity contribution < 1.29 is 13.2 Å². The summed E-state index contributed by atoms with van der Waals surface area (Å²) >= 11 is 0. The first-order valence-electron chi connectivity index (χ1n) is 6.03. The standard InChI is InChI=1S/C13H17F3N2/c1-13(2)8-18(5-3-4-17-13)9-6-10(14)12(16)11(15)7-9/h6-7,17H,3-5,8H2,1-2H3. The first-order chi connectivity index (χ1) is 8.39. The molecule has 0 saturated carbocycles. The largest absolute Gasteiger partial charge is 0.369 e. The highest BCUT2D eigenvalue weighted by atomic mass is 19.2. The molecule has 0 atom stereocenters. The Morgan fingerprint density at radius 1 is 1.17 bits per heavy atom. The highest BCUT2D eigenvalue weighted by Gasteiger charge is 2.25. The molecule has 1 heterocycles. The van der Waals surface area contributed by atoms with E-state index in [-0.39, 0.29) is 5.54 Å². The lowest BCUT2D eigenvalue weighted by atomic mass is 10.1. The minimum atomic E-state index is -1.41. The fourth-order valence-corrected chi connectivity index (χ4v) is 2.25. The van der Waals surface area contributed by atoms with Crippen molar-refractivity contribution in [3.8, 4) is 0 Å². The summed E-state index contributed by atoms with van der Waals surface area (Å²) in [6.45, 7) is 6.23. The third kappa shape index (κ3) is 2.77. The van der Waals surface area contributed by atoms with Crippen LogP contribution in [0.4, 0.5) is 18.9 Å². The van der Waals surface area contributed by atoms with Crippen molar-refractivity contribution in [3.05, 3.63) is 29.6 Å². The quantitative estimate of drug-likeness (QED) is 0.779. The van der Waals surface area contributed by atoms with E-state index < -0.39 is 17.5 Å². The number of anilines is 1. The first-order valence-corrected chi connectivity index (χ1v) is 6.03. The number of halogens is 3. The van der Waals surface area contributed by atoms with Crippen molar-refractivity contribution in [1.29, 1.82) is 0 Å². The van der Waals surface area contributed by atoms with Crippen LogP contribution in [0.25, 0.3) is 0 Å². The van der Waals surface area contributed by atoms with Gasteiger partial charge in [-0.05, 0) is 26.8 Å². The Morgan fingerprint density at radius 2 is 1.78 bits per heavy atom. The lowest BCUT2D eigenvalue weighted by Crippen LogP contribution is -2.46. The Balaban J connectivity index is 2.30. The first kappa shape index (κ1) is 13.2. The molecular formula is C13H17F3N2. The number of rotatable bonds is 1. The van der Waals surface area contributed by atoms with Crippen LogP contribution in [0.15, 0.2) is 12.1 Å². The fraction of sp³-hybridized carbons (Fsp3) is 0.538. The summed E-state index contributed by atoms with van der Waals surface area (Å²) in [6, 6.07) is 2.11. The highest BCUT2D eigenvalue weighted by molar-refractivity contribution is 5.48. The Hall–Kier alpha value is -1.23. The van der Waals surface area contributed by atoms with Crippen molar-refractivity contribution in [3.63, 3.8) is 0 Å². The van der Waals surface area contributed by atoms with Crippen LogP contribution in [0.5, 0.6) is 0 Å². The number of benzene rings is 1. The highest BCUT2D eigenvalue weighted by Crippen LogP contribution is 2.24. The summed E-state index contributed by atoms with van der Waals surface area (Å²) in [4.78, 5) is 1.88. The molecule has 2 nitrogen and oxygen atoms in total. The Bertz CT molecular complexity index is 423. The molecule has 0 unspecified atom stereocenters. The maximum absolute atomic E-state index is 13.2. The lowest BCUT2D eigenvalue weighted by molar-refractivity contribution is 0.414. The van der Waals surface area contributed by atoms with Gasteiger partial charge in [0, 0.05) is 36.4 Å². The van der Waals surface area contributed by atoms with Crippen molar-refractivity contribution in [2.24, 2.45) is 0 Å². The van der Waals surface area contributed by atoms with Crippen LogP contribution >= 0.6 is 0 Å². The average Bonchev–Trinajstić information content (AvgIpc) is 2.46. The van der Waals surface area contributed by atoms with Crippen LogP contribution in [0.2, 0.25) is 0 Å². The molecule has 1 saturated heterocycles. The van der Waals surface area contributed by atoms with Crippen molar-refractivity contribution in [1.82, 2.24) is 5.32 Å². The number of hydrogen-bond acceptors (Lipinski definition) is 2. The Morgan fingerprint density at radius 3 is 2.39 bits per heavy atom. The number of nitrogens with one attached hydrogen (secondary N) is 1. The van der Waals surface area contributed by atoms with Gasteiger partial charge in [0.2, 0.25) is 0 Å². The summed E-state index contributed by atoms with van der Waals surface area (Å²) in [5, 5.41) is 3.36. The van der Waals surface area contributed by atoms with Gasteiger partial charge in [-0.3, -0.25) is 0 Å². The molecule has 0 spiro atoms. The topological polar surface area (TPSA) is 15.3 Å². The van der Waals surface area contributed by atoms with Crippen LogP contribution in [-0.2, 0) is 0 Å². The molecular weight excluding hydrogens is 241 g/mol. The van der Waals surface area contributed by atoms with Gasteiger partial charge in [-0.1, -0.05) is 0 Å². The molecule has 0 bridgehead atoms. The summed E-state index contributed by atoms with van der Waals surface area (Å²) in [7, 11) is 0. The monoisotopic (exact) mass is 258 g/mol. The number of hydrogen-bond donors (Lipinski definition) is 1. The van der Waals surface area contributed by atoms with E-state index in [9.17, 15) is 13.2 Å². The van der Waals surface area contributed by atoms with Gasteiger partial charge in [0.15, 0.2) is 17.5 Å². The van der Waals surface area contributed by atoms with Gasteiger partial charge in [0.1, 0.15) is 0 Å². The number of nitrogens with zero attached hydrogens (tertiary/aromatic N) is 1. The summed E-state index contributed by atoms with van der Waals surface area (Å²) in [5.41, 5.74) is 0.251. The molecule has 0 aliphatic carbocycles. The van der Waals surface area contributed by atoms with Crippen molar-refractivity contribution in [2.75, 3.05) is 24.5 Å². The minimum Gasteiger partial charge on any atom is -0.369 e. The third-order valence-electron chi connectivity index (χ3n) is 3.13. The zero-order valence-electron chi connectivity index (χ0n) is 10.6. The van der Waals surface area contributed by atoms with Gasteiger partial charge in [0.25, 0.3) is 0 Å². The second-order valence-corrected chi connectivity index (χ2v) is 5.31. The normalized spacial score (nSPS) is 19.7. The zero-order valence-corrected chi connectivity index (χ0v) is 10.6. The molecule has 0 amide bonds. The zero-order chi connectivity index (χ0) is 13.3. The Labute approximate surface area is 105 Å². The molecule has 0 aromatic heterocycles. The van der Waals surface area contributed by atoms with Gasteiger partial charge in [-0.2, -0.15) is 0 Å². The van der Waals surface area contributed by atoms with Gasteiger partial charge in [-0.15, -0.1) is 0 Å². The maximum atomic E-state index is 13.2. The van der Waals surface area contributed by atoms with Crippen LogP contribution < -0.4 is 10.2 Å². The fourth-order valence-electron chi connectivity index (χ4n) is 2.25. The van der Waals surface area contributed by atoms with Crippen molar-refractivity contribution >= 4 is 5.69 Å². The van der Waals surface area contributed by atoms with Gasteiger partial charge in [-0.25, -0.2) is 13.2 Å². The summed E-state index contributed by atoms with van der Waals surface area (Å²) in [6.07, 6.45) is 0.879. The SMILES string of the molecule is CC1(C)CN(c2cc(F)c(F)c(F)c2)CCCN1. The average molecular weight is 258 g/mol. The van der Waals surface area contributed by atoms with E-state index >= 15 is 0 Å². The minimum absolute atomic E-state index is 0.141. The molecule has 1 aliphatic rings. The summed E-state index contributed by atoms with van der Waals surface area (Å²) < 4.78 is 39.4. The van der Waals surface area contributed by atoms with Crippen molar-refractivity contribution in [2.45, 2.75) is 25.8 Å². The van der Waals surface area contributed by atoms with E-state index in [0.717, 1.165) is 25.1 Å². The van der Waals surface area contributed by atoms with Gasteiger partial charge >= 0.3 is 0 Å². The van der Waals surface area contributed by atoms with Gasteiger partial charge < -0.3 is 10.2 Å². The molecule has 1 N–H and O–H groups in total. The smallest absolute Gasteiger partial charge is 0.194 e. The predicted molar refractivity (Wildman–Crippen MR) is 65.2 cm³/mol. The van der Waals surface area contributed by atoms with E-state index in [2.05, 4.69) is 5.32 Å². The van der Waals surface area contributed by atoms with Crippen LogP contribution in [0.1, 0.15) is 20.3 Å².